The smallest absolute Gasteiger partial charge is 0.342 e. The lowest BCUT2D eigenvalue weighted by Crippen LogP contribution is -2.69. The van der Waals surface area contributed by atoms with Gasteiger partial charge >= 0.3 is 11.9 Å². The third-order valence-electron chi connectivity index (χ3n) is 10.3. The van der Waals surface area contributed by atoms with Crippen molar-refractivity contribution in [2.45, 2.75) is 70.8 Å². The standard InChI is InChI=1S/C31H35FO8/c1-17-13-23-22-10-9-19-14-20(34)11-12-28(19,3)30(22,32)25(35)15-29(23,4)31(17,38)26(36)16-39-27(37)21-7-5-6-8-24(21)40-18(2)33/h5-8,11-12,14,17,22-23,25,35,38H,9-10,13,15-16H2,1-4H3/t17-,22-,23-,25-,28-,29-,30-,31-/m0/s1. The van der Waals surface area contributed by atoms with Gasteiger partial charge in [-0.1, -0.05) is 37.6 Å². The molecule has 0 bridgehead atoms. The molecule has 0 unspecified atom stereocenters. The summed E-state index contributed by atoms with van der Waals surface area (Å²) in [7, 11) is 0. The number of esters is 2. The largest absolute Gasteiger partial charge is 0.454 e. The molecule has 0 aliphatic heterocycles. The van der Waals surface area contributed by atoms with Crippen molar-refractivity contribution in [3.8, 4) is 5.75 Å². The van der Waals surface area contributed by atoms with Crippen molar-refractivity contribution in [3.05, 3.63) is 53.6 Å². The molecule has 8 nitrogen and oxygen atoms in total. The molecule has 1 aromatic rings. The molecule has 5 rings (SSSR count). The SMILES string of the molecule is CC(=O)Oc1ccccc1C(=O)OCC(=O)[C@@]1(O)[C@@H](C)C[C@H]2[C@@H]3CCC4=CC(=O)C=C[C@]4(C)[C@@]3(F)[C@@H](O)C[C@@]21C. The van der Waals surface area contributed by atoms with Gasteiger partial charge in [0.2, 0.25) is 5.78 Å². The Bertz CT molecular complexity index is 1350. The van der Waals surface area contributed by atoms with E-state index in [0.29, 0.717) is 24.8 Å². The quantitative estimate of drug-likeness (QED) is 0.417. The molecule has 1 aromatic carbocycles. The molecule has 0 amide bonds. The number of aliphatic hydroxyl groups is 2. The highest BCUT2D eigenvalue weighted by Crippen LogP contribution is 2.70. The van der Waals surface area contributed by atoms with E-state index in [4.69, 9.17) is 9.47 Å². The lowest BCUT2D eigenvalue weighted by atomic mass is 9.44. The van der Waals surface area contributed by atoms with E-state index in [1.54, 1.807) is 39.0 Å². The predicted molar refractivity (Wildman–Crippen MR) is 141 cm³/mol. The molecule has 8 atom stereocenters. The van der Waals surface area contributed by atoms with Gasteiger partial charge in [0.05, 0.1) is 6.10 Å². The summed E-state index contributed by atoms with van der Waals surface area (Å²) in [6.45, 7) is 5.60. The van der Waals surface area contributed by atoms with Crippen LogP contribution in [0.3, 0.4) is 0 Å². The first-order valence-electron chi connectivity index (χ1n) is 13.7. The molecule has 0 aromatic heterocycles. The minimum atomic E-state index is -2.08. The van der Waals surface area contributed by atoms with Crippen LogP contribution >= 0.6 is 0 Å². The maximum Gasteiger partial charge on any atom is 0.342 e. The van der Waals surface area contributed by atoms with Crippen LogP contribution in [0.15, 0.2) is 48.1 Å². The van der Waals surface area contributed by atoms with Crippen LogP contribution < -0.4 is 4.74 Å². The van der Waals surface area contributed by atoms with Crippen molar-refractivity contribution >= 4 is 23.5 Å². The highest BCUT2D eigenvalue weighted by molar-refractivity contribution is 6.01. The molecule has 3 saturated carbocycles. The Hall–Kier alpha value is -3.17. The third-order valence-corrected chi connectivity index (χ3v) is 10.3. The number of alkyl halides is 1. The van der Waals surface area contributed by atoms with E-state index >= 15 is 4.39 Å². The van der Waals surface area contributed by atoms with Gasteiger partial charge in [-0.2, -0.15) is 0 Å². The maximum atomic E-state index is 17.3. The van der Waals surface area contributed by atoms with Crippen molar-refractivity contribution in [3.63, 3.8) is 0 Å². The van der Waals surface area contributed by atoms with Crippen molar-refractivity contribution in [2.24, 2.45) is 28.6 Å². The number of hydrogen-bond acceptors (Lipinski definition) is 8. The van der Waals surface area contributed by atoms with E-state index in [0.717, 1.165) is 0 Å². The Balaban J connectivity index is 1.41. The molecule has 4 aliphatic carbocycles. The summed E-state index contributed by atoms with van der Waals surface area (Å²) in [6.07, 6.45) is 3.88. The summed E-state index contributed by atoms with van der Waals surface area (Å²) >= 11 is 0. The van der Waals surface area contributed by atoms with E-state index in [2.05, 4.69) is 0 Å². The van der Waals surface area contributed by atoms with Gasteiger partial charge < -0.3 is 19.7 Å². The van der Waals surface area contributed by atoms with Crippen LogP contribution in [0.25, 0.3) is 0 Å². The van der Waals surface area contributed by atoms with Gasteiger partial charge in [0, 0.05) is 23.7 Å². The van der Waals surface area contributed by atoms with Crippen molar-refractivity contribution in [1.82, 2.24) is 0 Å². The van der Waals surface area contributed by atoms with E-state index < -0.39 is 70.3 Å². The Morgan fingerprint density at radius 1 is 1.15 bits per heavy atom. The normalized spacial score (nSPS) is 39.9. The zero-order valence-corrected chi connectivity index (χ0v) is 23.1. The van der Waals surface area contributed by atoms with E-state index in [9.17, 15) is 29.4 Å². The number of halogens is 1. The van der Waals surface area contributed by atoms with Crippen molar-refractivity contribution < 1.29 is 43.3 Å². The first-order valence-corrected chi connectivity index (χ1v) is 13.7. The molecule has 2 N–H and O–H groups in total. The lowest BCUT2D eigenvalue weighted by Gasteiger charge is -2.62. The molecular weight excluding hydrogens is 519 g/mol. The molecule has 0 spiro atoms. The van der Waals surface area contributed by atoms with Gasteiger partial charge in [0.25, 0.3) is 0 Å². The second-order valence-electron chi connectivity index (χ2n) is 12.3. The van der Waals surface area contributed by atoms with Crippen molar-refractivity contribution in [1.29, 1.82) is 0 Å². The van der Waals surface area contributed by atoms with Crippen LogP contribution in [0.5, 0.6) is 5.75 Å². The predicted octanol–water partition coefficient (Wildman–Crippen LogP) is 3.69. The van der Waals surface area contributed by atoms with Gasteiger partial charge in [0.1, 0.15) is 16.9 Å². The average Bonchev–Trinajstić information content (AvgIpc) is 3.09. The minimum Gasteiger partial charge on any atom is -0.454 e. The number of rotatable bonds is 5. The summed E-state index contributed by atoms with van der Waals surface area (Å²) < 4.78 is 27.6. The van der Waals surface area contributed by atoms with Crippen LogP contribution in [0, 0.1) is 28.6 Å². The molecule has 0 radical (unpaired) electrons. The number of Topliss-reactive ketones (excluding diaryl/α,β-unsaturated/α-hetero) is 1. The lowest BCUT2D eigenvalue weighted by molar-refractivity contribution is -0.219. The van der Waals surface area contributed by atoms with Crippen LogP contribution in [-0.2, 0) is 19.1 Å². The Morgan fingerprint density at radius 3 is 2.55 bits per heavy atom. The monoisotopic (exact) mass is 554 g/mol. The summed E-state index contributed by atoms with van der Waals surface area (Å²) in [5, 5.41) is 23.5. The third kappa shape index (κ3) is 3.77. The number of ether oxygens (including phenoxy) is 2. The zero-order valence-electron chi connectivity index (χ0n) is 23.1. The summed E-state index contributed by atoms with van der Waals surface area (Å²) in [6, 6.07) is 5.95. The first-order chi connectivity index (χ1) is 18.7. The number of para-hydroxylation sites is 1. The van der Waals surface area contributed by atoms with Gasteiger partial charge in [-0.05, 0) is 68.7 Å². The molecule has 214 valence electrons. The molecule has 4 aliphatic rings. The second kappa shape index (κ2) is 9.45. The summed E-state index contributed by atoms with van der Waals surface area (Å²) in [5.41, 5.74) is -5.82. The van der Waals surface area contributed by atoms with Gasteiger partial charge in [-0.25, -0.2) is 9.18 Å². The Labute approximate surface area is 232 Å². The minimum absolute atomic E-state index is 0.0141. The van der Waals surface area contributed by atoms with Gasteiger partial charge in [-0.15, -0.1) is 0 Å². The highest BCUT2D eigenvalue weighted by atomic mass is 19.1. The number of aliphatic hydroxyl groups excluding tert-OH is 1. The van der Waals surface area contributed by atoms with Gasteiger partial charge in [-0.3, -0.25) is 14.4 Å². The average molecular weight is 555 g/mol. The molecular formula is C31H35FO8. The Kier molecular flexibility index (Phi) is 6.70. The molecule has 3 fully saturated rings. The highest BCUT2D eigenvalue weighted by Gasteiger charge is 2.75. The number of carbonyl (C=O) groups excluding carboxylic acids is 4. The number of fused-ring (bicyclic) bond motifs is 5. The number of ketones is 2. The molecule has 40 heavy (non-hydrogen) atoms. The van der Waals surface area contributed by atoms with Crippen LogP contribution in [0.4, 0.5) is 4.39 Å². The fourth-order valence-electron chi connectivity index (χ4n) is 8.34. The maximum absolute atomic E-state index is 17.3. The fraction of sp³-hybridized carbons (Fsp3) is 0.548. The summed E-state index contributed by atoms with van der Waals surface area (Å²) in [5.74, 6) is -4.16. The van der Waals surface area contributed by atoms with Crippen LogP contribution in [0.2, 0.25) is 0 Å². The van der Waals surface area contributed by atoms with Crippen molar-refractivity contribution in [2.75, 3.05) is 6.61 Å². The van der Waals surface area contributed by atoms with Crippen LogP contribution in [0.1, 0.15) is 63.7 Å². The number of benzene rings is 1. The van der Waals surface area contributed by atoms with Crippen LogP contribution in [-0.4, -0.2) is 57.7 Å². The zero-order chi connectivity index (χ0) is 29.3. The number of allylic oxidation sites excluding steroid dienone is 4. The number of hydrogen-bond donors (Lipinski definition) is 2. The summed E-state index contributed by atoms with van der Waals surface area (Å²) in [4.78, 5) is 49.9. The van der Waals surface area contributed by atoms with E-state index in [-0.39, 0.29) is 23.5 Å². The van der Waals surface area contributed by atoms with E-state index in [1.807, 2.05) is 0 Å². The second-order valence-corrected chi connectivity index (χ2v) is 12.3. The molecule has 0 saturated heterocycles. The Morgan fingerprint density at radius 2 is 1.85 bits per heavy atom. The topological polar surface area (TPSA) is 127 Å². The first kappa shape index (κ1) is 28.4. The molecule has 0 heterocycles. The fourth-order valence-corrected chi connectivity index (χ4v) is 8.34. The number of carbonyl (C=O) groups is 4. The molecule has 9 heteroatoms. The van der Waals surface area contributed by atoms with Gasteiger partial charge in [0.15, 0.2) is 18.1 Å². The van der Waals surface area contributed by atoms with E-state index in [1.165, 1.54) is 31.2 Å².